The lowest BCUT2D eigenvalue weighted by molar-refractivity contribution is -0.160. The van der Waals surface area contributed by atoms with Crippen LogP contribution in [0.2, 0.25) is 0 Å². The summed E-state index contributed by atoms with van der Waals surface area (Å²) >= 11 is 0. The van der Waals surface area contributed by atoms with Crippen molar-refractivity contribution in [2.75, 3.05) is 0 Å². The molecule has 0 aliphatic heterocycles. The minimum atomic E-state index is -0.829. The van der Waals surface area contributed by atoms with E-state index in [0.29, 0.717) is 32.1 Å². The first kappa shape index (κ1) is 24.0. The molecule has 0 spiro atoms. The second-order valence-electron chi connectivity index (χ2n) is 11.7. The minimum Gasteiger partial charge on any atom is -0.361 e. The summed E-state index contributed by atoms with van der Waals surface area (Å²) in [5.74, 6) is 0.139. The molecule has 0 radical (unpaired) electrons. The zero-order chi connectivity index (χ0) is 25.0. The molecule has 1 amide bonds. The van der Waals surface area contributed by atoms with E-state index in [1.165, 1.54) is 0 Å². The Bertz CT molecular complexity index is 1200. The Balaban J connectivity index is 1.25. The SMILES string of the molecule is C[C@H](Cc1c[nH]c2ccccc12)NC(=O)CC[C@@]1(C)C(=O)CC[C@@H]2[C@@H]1C(=O)C[C@]1(C)C(=O)CC[C@@H]21. The molecule has 6 atom stereocenters. The van der Waals surface area contributed by atoms with Crippen LogP contribution in [0.25, 0.3) is 10.9 Å². The van der Waals surface area contributed by atoms with Gasteiger partial charge in [0.1, 0.15) is 17.3 Å². The monoisotopic (exact) mass is 476 g/mol. The van der Waals surface area contributed by atoms with Crippen molar-refractivity contribution in [1.82, 2.24) is 10.3 Å². The van der Waals surface area contributed by atoms with Gasteiger partial charge in [-0.1, -0.05) is 32.0 Å². The molecule has 3 saturated carbocycles. The smallest absolute Gasteiger partial charge is 0.220 e. The zero-order valence-corrected chi connectivity index (χ0v) is 21.0. The molecule has 1 heterocycles. The number of hydrogen-bond donors (Lipinski definition) is 2. The zero-order valence-electron chi connectivity index (χ0n) is 21.0. The fourth-order valence-electron chi connectivity index (χ4n) is 7.61. The van der Waals surface area contributed by atoms with E-state index in [1.54, 1.807) is 0 Å². The molecule has 0 unspecified atom stereocenters. The van der Waals surface area contributed by atoms with Crippen LogP contribution in [-0.2, 0) is 25.6 Å². The van der Waals surface area contributed by atoms with Gasteiger partial charge in [-0.25, -0.2) is 0 Å². The Labute approximate surface area is 206 Å². The molecule has 1 aromatic heterocycles. The third-order valence-electron chi connectivity index (χ3n) is 9.48. The number of ketones is 3. The summed E-state index contributed by atoms with van der Waals surface area (Å²) in [6.45, 7) is 5.84. The number of Topliss-reactive ketones (excluding diaryl/α,β-unsaturated/α-hetero) is 3. The van der Waals surface area contributed by atoms with E-state index < -0.39 is 10.8 Å². The molecule has 3 aliphatic carbocycles. The molecule has 6 heteroatoms. The molecule has 3 fully saturated rings. The van der Waals surface area contributed by atoms with Crippen molar-refractivity contribution in [3.63, 3.8) is 0 Å². The summed E-state index contributed by atoms with van der Waals surface area (Å²) in [6, 6.07) is 8.06. The summed E-state index contributed by atoms with van der Waals surface area (Å²) in [5, 5.41) is 4.25. The lowest BCUT2D eigenvalue weighted by Crippen LogP contribution is -2.56. The second-order valence-corrected chi connectivity index (χ2v) is 11.7. The van der Waals surface area contributed by atoms with Crippen LogP contribution in [0, 0.1) is 28.6 Å². The Morgan fingerprint density at radius 3 is 2.66 bits per heavy atom. The van der Waals surface area contributed by atoms with Gasteiger partial charge in [0.15, 0.2) is 0 Å². The molecule has 3 aliphatic rings. The summed E-state index contributed by atoms with van der Waals surface area (Å²) in [5.41, 5.74) is 0.850. The number of aromatic nitrogens is 1. The number of carbonyl (C=O) groups is 4. The highest BCUT2D eigenvalue weighted by atomic mass is 16.2. The molecular formula is C29H36N2O4. The van der Waals surface area contributed by atoms with Gasteiger partial charge in [0.25, 0.3) is 0 Å². The standard InChI is InChI=1S/C29H36N2O4/c1-17(14-18-16-30-22-7-5-4-6-19(18)22)31-26(35)12-13-28(2)24(33)10-8-20-21-9-11-25(34)29(21,3)15-23(32)27(20)28/h4-7,16-17,20-21,27,30H,8-15H2,1-3H3,(H,31,35)/t17-,20+,21+,27-,28+,29+/m1/s1. The lowest BCUT2D eigenvalue weighted by atomic mass is 9.48. The Kier molecular flexibility index (Phi) is 5.97. The van der Waals surface area contributed by atoms with E-state index in [1.807, 2.05) is 45.2 Å². The van der Waals surface area contributed by atoms with Gasteiger partial charge in [-0.2, -0.15) is 0 Å². The van der Waals surface area contributed by atoms with E-state index >= 15 is 0 Å². The minimum absolute atomic E-state index is 0.0488. The first-order chi connectivity index (χ1) is 16.6. The summed E-state index contributed by atoms with van der Waals surface area (Å²) in [6.07, 6.45) is 6.03. The second kappa shape index (κ2) is 8.72. The van der Waals surface area contributed by atoms with Crippen LogP contribution in [-0.4, -0.2) is 34.3 Å². The third kappa shape index (κ3) is 3.95. The topological polar surface area (TPSA) is 96.1 Å². The van der Waals surface area contributed by atoms with Crippen LogP contribution in [0.15, 0.2) is 30.5 Å². The summed E-state index contributed by atoms with van der Waals surface area (Å²) in [7, 11) is 0. The maximum absolute atomic E-state index is 13.4. The van der Waals surface area contributed by atoms with Crippen molar-refractivity contribution >= 4 is 34.2 Å². The highest BCUT2D eigenvalue weighted by molar-refractivity contribution is 5.99. The van der Waals surface area contributed by atoms with E-state index in [9.17, 15) is 19.2 Å². The molecule has 0 bridgehead atoms. The maximum Gasteiger partial charge on any atom is 0.220 e. The largest absolute Gasteiger partial charge is 0.361 e. The lowest BCUT2D eigenvalue weighted by Gasteiger charge is -2.53. The van der Waals surface area contributed by atoms with Crippen LogP contribution >= 0.6 is 0 Å². The van der Waals surface area contributed by atoms with Crippen molar-refractivity contribution in [3.8, 4) is 0 Å². The van der Waals surface area contributed by atoms with Crippen LogP contribution in [0.5, 0.6) is 0 Å². The fraction of sp³-hybridized carbons (Fsp3) is 0.586. The van der Waals surface area contributed by atoms with Gasteiger partial charge < -0.3 is 10.3 Å². The first-order valence-corrected chi connectivity index (χ1v) is 13.1. The number of carbonyl (C=O) groups excluding carboxylic acids is 4. The Hall–Kier alpha value is -2.76. The predicted octanol–water partition coefficient (Wildman–Crippen LogP) is 4.56. The normalized spacial score (nSPS) is 33.5. The summed E-state index contributed by atoms with van der Waals surface area (Å²) < 4.78 is 0. The molecule has 35 heavy (non-hydrogen) atoms. The number of H-pyrrole nitrogens is 1. The van der Waals surface area contributed by atoms with Crippen LogP contribution < -0.4 is 5.32 Å². The van der Waals surface area contributed by atoms with E-state index in [0.717, 1.165) is 22.9 Å². The molecule has 0 saturated heterocycles. The van der Waals surface area contributed by atoms with Crippen LogP contribution in [0.1, 0.15) is 71.3 Å². The first-order valence-electron chi connectivity index (χ1n) is 13.1. The molecule has 5 rings (SSSR count). The van der Waals surface area contributed by atoms with Crippen molar-refractivity contribution < 1.29 is 19.2 Å². The predicted molar refractivity (Wildman–Crippen MR) is 134 cm³/mol. The van der Waals surface area contributed by atoms with Crippen LogP contribution in [0.4, 0.5) is 0 Å². The quantitative estimate of drug-likeness (QED) is 0.639. The average molecular weight is 477 g/mol. The number of benzene rings is 1. The molecule has 2 aromatic rings. The van der Waals surface area contributed by atoms with Crippen molar-refractivity contribution in [3.05, 3.63) is 36.0 Å². The van der Waals surface area contributed by atoms with Gasteiger partial charge in [-0.05, 0) is 56.1 Å². The van der Waals surface area contributed by atoms with Gasteiger partial charge in [0.05, 0.1) is 0 Å². The van der Waals surface area contributed by atoms with Crippen molar-refractivity contribution in [1.29, 1.82) is 0 Å². The van der Waals surface area contributed by atoms with Gasteiger partial charge in [-0.3, -0.25) is 19.2 Å². The van der Waals surface area contributed by atoms with E-state index in [-0.39, 0.29) is 59.9 Å². The molecule has 186 valence electrons. The van der Waals surface area contributed by atoms with Gasteiger partial charge >= 0.3 is 0 Å². The number of rotatable bonds is 6. The number of para-hydroxylation sites is 1. The van der Waals surface area contributed by atoms with Gasteiger partial charge in [-0.15, -0.1) is 0 Å². The molecule has 6 nitrogen and oxygen atoms in total. The number of amides is 1. The highest BCUT2D eigenvalue weighted by Gasteiger charge is 2.62. The number of fused-ring (bicyclic) bond motifs is 4. The number of nitrogens with one attached hydrogen (secondary N) is 2. The van der Waals surface area contributed by atoms with Crippen molar-refractivity contribution in [2.24, 2.45) is 28.6 Å². The molecule has 2 N–H and O–H groups in total. The van der Waals surface area contributed by atoms with Gasteiger partial charge in [0.2, 0.25) is 5.91 Å². The highest BCUT2D eigenvalue weighted by Crippen LogP contribution is 2.60. The van der Waals surface area contributed by atoms with Crippen LogP contribution in [0.3, 0.4) is 0 Å². The third-order valence-corrected chi connectivity index (χ3v) is 9.48. The number of aromatic amines is 1. The van der Waals surface area contributed by atoms with E-state index in [4.69, 9.17) is 0 Å². The fourth-order valence-corrected chi connectivity index (χ4v) is 7.61. The summed E-state index contributed by atoms with van der Waals surface area (Å²) in [4.78, 5) is 55.3. The Morgan fingerprint density at radius 1 is 1.11 bits per heavy atom. The average Bonchev–Trinajstić information content (AvgIpc) is 3.35. The molecular weight excluding hydrogens is 440 g/mol. The maximum atomic E-state index is 13.4. The number of hydrogen-bond acceptors (Lipinski definition) is 4. The van der Waals surface area contributed by atoms with Crippen molar-refractivity contribution in [2.45, 2.75) is 78.2 Å². The van der Waals surface area contributed by atoms with E-state index in [2.05, 4.69) is 16.4 Å². The Morgan fingerprint density at radius 2 is 1.86 bits per heavy atom. The molecule has 1 aromatic carbocycles. The van der Waals surface area contributed by atoms with Gasteiger partial charge in [0, 0.05) is 65.6 Å².